The summed E-state index contributed by atoms with van der Waals surface area (Å²) in [5.41, 5.74) is 0.636. The van der Waals surface area contributed by atoms with Gasteiger partial charge in [0.2, 0.25) is 0 Å². The molecule has 1 amide bonds. The average molecular weight is 343 g/mol. The summed E-state index contributed by atoms with van der Waals surface area (Å²) in [6.07, 6.45) is 6.89. The fourth-order valence-corrected chi connectivity index (χ4v) is 3.33. The number of carbonyl (C=O) groups is 1. The predicted molar refractivity (Wildman–Crippen MR) is 95.1 cm³/mol. The summed E-state index contributed by atoms with van der Waals surface area (Å²) < 4.78 is 12.8. The molecule has 1 aromatic carbocycles. The Morgan fingerprint density at radius 1 is 1.32 bits per heavy atom. The molecule has 0 aliphatic carbocycles. The monoisotopic (exact) mass is 343 g/mol. The Kier molecular flexibility index (Phi) is 5.58. The highest BCUT2D eigenvalue weighted by Gasteiger charge is 2.28. The van der Waals surface area contributed by atoms with Crippen LogP contribution in [-0.2, 0) is 6.54 Å². The van der Waals surface area contributed by atoms with Gasteiger partial charge in [-0.3, -0.25) is 9.48 Å². The molecule has 2 aromatic rings. The van der Waals surface area contributed by atoms with Gasteiger partial charge in [-0.05, 0) is 50.5 Å². The largest absolute Gasteiger partial charge is 0.493 e. The number of carbonyl (C=O) groups excluding carboxylic acids is 1. The van der Waals surface area contributed by atoms with Gasteiger partial charge in [0.05, 0.1) is 26.3 Å². The maximum atomic E-state index is 13.1. The first-order valence-electron chi connectivity index (χ1n) is 8.82. The smallest absolute Gasteiger partial charge is 0.254 e. The third kappa shape index (κ3) is 3.95. The van der Waals surface area contributed by atoms with Crippen molar-refractivity contribution in [2.45, 2.75) is 38.8 Å². The van der Waals surface area contributed by atoms with Crippen LogP contribution in [0.5, 0.6) is 11.5 Å². The van der Waals surface area contributed by atoms with Crippen molar-refractivity contribution < 1.29 is 14.3 Å². The zero-order valence-electron chi connectivity index (χ0n) is 14.9. The molecule has 1 aromatic heterocycles. The summed E-state index contributed by atoms with van der Waals surface area (Å²) >= 11 is 0. The van der Waals surface area contributed by atoms with Crippen LogP contribution in [0.2, 0.25) is 0 Å². The van der Waals surface area contributed by atoms with Gasteiger partial charge in [-0.2, -0.15) is 5.10 Å². The molecule has 0 saturated carbocycles. The van der Waals surface area contributed by atoms with Gasteiger partial charge in [0.15, 0.2) is 11.5 Å². The molecule has 0 spiro atoms. The lowest BCUT2D eigenvalue weighted by Crippen LogP contribution is -2.45. The molecule has 1 aliphatic heterocycles. The van der Waals surface area contributed by atoms with E-state index in [1.807, 2.05) is 34.8 Å². The van der Waals surface area contributed by atoms with Crippen LogP contribution in [0.1, 0.15) is 36.5 Å². The zero-order valence-corrected chi connectivity index (χ0v) is 14.9. The van der Waals surface area contributed by atoms with Gasteiger partial charge < -0.3 is 14.4 Å². The highest BCUT2D eigenvalue weighted by Crippen LogP contribution is 2.29. The minimum absolute atomic E-state index is 0.0421. The molecular weight excluding hydrogens is 318 g/mol. The van der Waals surface area contributed by atoms with E-state index >= 15 is 0 Å². The van der Waals surface area contributed by atoms with Crippen molar-refractivity contribution in [3.63, 3.8) is 0 Å². The van der Waals surface area contributed by atoms with Gasteiger partial charge in [0, 0.05) is 24.5 Å². The van der Waals surface area contributed by atoms with E-state index in [4.69, 9.17) is 9.47 Å². The van der Waals surface area contributed by atoms with Crippen LogP contribution < -0.4 is 9.47 Å². The summed E-state index contributed by atoms with van der Waals surface area (Å²) in [5, 5.41) is 4.28. The number of nitrogens with zero attached hydrogens (tertiary/aromatic N) is 3. The highest BCUT2D eigenvalue weighted by molar-refractivity contribution is 5.95. The molecule has 1 aliphatic rings. The molecule has 0 unspecified atom stereocenters. The average Bonchev–Trinajstić information content (AvgIpc) is 3.15. The minimum atomic E-state index is 0.0421. The minimum Gasteiger partial charge on any atom is -0.493 e. The summed E-state index contributed by atoms with van der Waals surface area (Å²) in [7, 11) is 1.60. The number of aromatic nitrogens is 2. The van der Waals surface area contributed by atoms with Crippen LogP contribution in [0.3, 0.4) is 0 Å². The molecule has 1 atom stereocenters. The van der Waals surface area contributed by atoms with Crippen LogP contribution in [0.25, 0.3) is 0 Å². The summed E-state index contributed by atoms with van der Waals surface area (Å²) in [4.78, 5) is 15.1. The standard InChI is InChI=1S/C19H25N3O3/c1-3-25-18-13-15(8-9-17(18)24-2)19(23)22-12-5-4-7-16(22)14-21-11-6-10-20-21/h6,8-11,13,16H,3-5,7,12,14H2,1-2H3/t16-/m0/s1. The van der Waals surface area contributed by atoms with Gasteiger partial charge in [0.25, 0.3) is 5.91 Å². The van der Waals surface area contributed by atoms with Crippen LogP contribution >= 0.6 is 0 Å². The SMILES string of the molecule is CCOc1cc(C(=O)N2CCCC[C@H]2Cn2cccn2)ccc1OC. The van der Waals surface area contributed by atoms with Crippen molar-refractivity contribution in [2.24, 2.45) is 0 Å². The van der Waals surface area contributed by atoms with Crippen LogP contribution in [-0.4, -0.2) is 46.9 Å². The van der Waals surface area contributed by atoms with Crippen LogP contribution in [0.4, 0.5) is 0 Å². The number of benzene rings is 1. The number of likely N-dealkylation sites (tertiary alicyclic amines) is 1. The topological polar surface area (TPSA) is 56.6 Å². The van der Waals surface area contributed by atoms with Crippen molar-refractivity contribution in [1.82, 2.24) is 14.7 Å². The van der Waals surface area contributed by atoms with E-state index in [1.165, 1.54) is 0 Å². The Hall–Kier alpha value is -2.50. The Labute approximate surface area is 148 Å². The molecule has 134 valence electrons. The summed E-state index contributed by atoms with van der Waals surface area (Å²) in [6.45, 7) is 3.95. The first-order chi connectivity index (χ1) is 12.2. The Bertz CT molecular complexity index is 700. The highest BCUT2D eigenvalue weighted by atomic mass is 16.5. The second kappa shape index (κ2) is 8.05. The second-order valence-corrected chi connectivity index (χ2v) is 6.17. The lowest BCUT2D eigenvalue weighted by Gasteiger charge is -2.36. The molecule has 1 fully saturated rings. The maximum absolute atomic E-state index is 13.1. The van der Waals surface area contributed by atoms with E-state index in [0.29, 0.717) is 23.7 Å². The lowest BCUT2D eigenvalue weighted by molar-refractivity contribution is 0.0583. The molecule has 1 saturated heterocycles. The summed E-state index contributed by atoms with van der Waals surface area (Å²) in [6, 6.07) is 7.46. The first kappa shape index (κ1) is 17.3. The van der Waals surface area contributed by atoms with Gasteiger partial charge in [-0.1, -0.05) is 0 Å². The molecule has 25 heavy (non-hydrogen) atoms. The fraction of sp³-hybridized carbons (Fsp3) is 0.474. The number of piperidine rings is 1. The van der Waals surface area contributed by atoms with E-state index in [9.17, 15) is 4.79 Å². The first-order valence-corrected chi connectivity index (χ1v) is 8.82. The Balaban J connectivity index is 1.80. The quantitative estimate of drug-likeness (QED) is 0.809. The molecule has 0 N–H and O–H groups in total. The molecule has 6 nitrogen and oxygen atoms in total. The molecule has 0 bridgehead atoms. The van der Waals surface area contributed by atoms with Crippen molar-refractivity contribution in [2.75, 3.05) is 20.3 Å². The molecule has 6 heteroatoms. The number of methoxy groups -OCH3 is 1. The Morgan fingerprint density at radius 3 is 2.92 bits per heavy atom. The van der Waals surface area contributed by atoms with Crippen molar-refractivity contribution in [3.05, 3.63) is 42.2 Å². The number of hydrogen-bond donors (Lipinski definition) is 0. The van der Waals surface area contributed by atoms with Gasteiger partial charge >= 0.3 is 0 Å². The lowest BCUT2D eigenvalue weighted by atomic mass is 10.0. The number of hydrogen-bond acceptors (Lipinski definition) is 4. The van der Waals surface area contributed by atoms with Crippen molar-refractivity contribution >= 4 is 5.91 Å². The van der Waals surface area contributed by atoms with Gasteiger partial charge in [-0.25, -0.2) is 0 Å². The molecule has 2 heterocycles. The maximum Gasteiger partial charge on any atom is 0.254 e. The zero-order chi connectivity index (χ0) is 17.6. The van der Waals surface area contributed by atoms with E-state index in [2.05, 4.69) is 5.10 Å². The third-order valence-electron chi connectivity index (χ3n) is 4.56. The normalized spacial score (nSPS) is 17.4. The second-order valence-electron chi connectivity index (χ2n) is 6.17. The third-order valence-corrected chi connectivity index (χ3v) is 4.56. The number of amides is 1. The van der Waals surface area contributed by atoms with Crippen molar-refractivity contribution in [3.8, 4) is 11.5 Å². The predicted octanol–water partition coefficient (Wildman–Crippen LogP) is 2.99. The van der Waals surface area contributed by atoms with Crippen molar-refractivity contribution in [1.29, 1.82) is 0 Å². The van der Waals surface area contributed by atoms with E-state index in [1.54, 1.807) is 25.4 Å². The Morgan fingerprint density at radius 2 is 2.20 bits per heavy atom. The molecule has 3 rings (SSSR count). The van der Waals surface area contributed by atoms with E-state index < -0.39 is 0 Å². The molecular formula is C19H25N3O3. The fourth-order valence-electron chi connectivity index (χ4n) is 3.33. The molecule has 0 radical (unpaired) electrons. The van der Waals surface area contributed by atoms with E-state index in [-0.39, 0.29) is 11.9 Å². The van der Waals surface area contributed by atoms with Crippen LogP contribution in [0.15, 0.2) is 36.7 Å². The number of rotatable bonds is 6. The van der Waals surface area contributed by atoms with Gasteiger partial charge in [-0.15, -0.1) is 0 Å². The van der Waals surface area contributed by atoms with Gasteiger partial charge in [0.1, 0.15) is 0 Å². The number of ether oxygens (including phenoxy) is 2. The van der Waals surface area contributed by atoms with E-state index in [0.717, 1.165) is 32.4 Å². The van der Waals surface area contributed by atoms with Crippen LogP contribution in [0, 0.1) is 0 Å². The summed E-state index contributed by atoms with van der Waals surface area (Å²) in [5.74, 6) is 1.29.